The van der Waals surface area contributed by atoms with E-state index in [1.165, 1.54) is 17.8 Å². The number of aromatic nitrogens is 1. The van der Waals surface area contributed by atoms with Crippen LogP contribution in [-0.4, -0.2) is 24.1 Å². The Labute approximate surface area is 85.1 Å². The predicted molar refractivity (Wildman–Crippen MR) is 59.8 cm³/mol. The van der Waals surface area contributed by atoms with Gasteiger partial charge in [-0.05, 0) is 26.3 Å². The molecule has 0 bridgehead atoms. The van der Waals surface area contributed by atoms with Crippen LogP contribution in [0.1, 0.15) is 20.3 Å². The van der Waals surface area contributed by atoms with E-state index in [2.05, 4.69) is 35.1 Å². The van der Waals surface area contributed by atoms with Crippen LogP contribution in [0.5, 0.6) is 0 Å². The number of rotatable bonds is 1. The Balaban J connectivity index is 2.37. The molecule has 3 heteroatoms. The Morgan fingerprint density at radius 2 is 2.36 bits per heavy atom. The van der Waals surface area contributed by atoms with E-state index in [-0.39, 0.29) is 0 Å². The maximum atomic E-state index is 4.14. The molecular formula is C11H17N3. The molecule has 0 aromatic carbocycles. The van der Waals surface area contributed by atoms with Gasteiger partial charge in [-0.15, -0.1) is 0 Å². The average Bonchev–Trinajstić information content (AvgIpc) is 2.39. The van der Waals surface area contributed by atoms with Crippen molar-refractivity contribution >= 4 is 11.4 Å². The molecule has 76 valence electrons. The highest BCUT2D eigenvalue weighted by Crippen LogP contribution is 2.28. The van der Waals surface area contributed by atoms with Crippen LogP contribution >= 0.6 is 0 Å². The smallest absolute Gasteiger partial charge is 0.0764 e. The van der Waals surface area contributed by atoms with Crippen LogP contribution in [0.2, 0.25) is 0 Å². The van der Waals surface area contributed by atoms with Crippen molar-refractivity contribution in [1.29, 1.82) is 0 Å². The zero-order valence-corrected chi connectivity index (χ0v) is 8.83. The van der Waals surface area contributed by atoms with E-state index in [1.807, 2.05) is 12.4 Å². The number of hydrogen-bond donors (Lipinski definition) is 1. The van der Waals surface area contributed by atoms with Crippen molar-refractivity contribution in [3.05, 3.63) is 18.5 Å². The van der Waals surface area contributed by atoms with Crippen molar-refractivity contribution < 1.29 is 0 Å². The molecule has 1 aromatic heterocycles. The summed E-state index contributed by atoms with van der Waals surface area (Å²) >= 11 is 0. The lowest BCUT2D eigenvalue weighted by atomic mass is 10.2. The molecule has 0 saturated heterocycles. The molecule has 0 spiro atoms. The molecule has 1 aromatic rings. The maximum absolute atomic E-state index is 4.14. The molecule has 1 aliphatic heterocycles. The van der Waals surface area contributed by atoms with Crippen LogP contribution in [0.4, 0.5) is 11.4 Å². The van der Waals surface area contributed by atoms with Gasteiger partial charge in [-0.25, -0.2) is 0 Å². The summed E-state index contributed by atoms with van der Waals surface area (Å²) in [5.41, 5.74) is 2.45. The molecule has 2 rings (SSSR count). The fourth-order valence-electron chi connectivity index (χ4n) is 1.90. The van der Waals surface area contributed by atoms with E-state index >= 15 is 0 Å². The molecule has 2 heterocycles. The van der Waals surface area contributed by atoms with E-state index in [4.69, 9.17) is 0 Å². The second-order valence-electron chi connectivity index (χ2n) is 3.96. The van der Waals surface area contributed by atoms with Gasteiger partial charge < -0.3 is 10.2 Å². The first-order valence-corrected chi connectivity index (χ1v) is 5.23. The Hall–Kier alpha value is -1.25. The maximum Gasteiger partial charge on any atom is 0.0764 e. The van der Waals surface area contributed by atoms with Gasteiger partial charge in [0.2, 0.25) is 0 Å². The largest absolute Gasteiger partial charge is 0.382 e. The quantitative estimate of drug-likeness (QED) is 0.737. The molecule has 0 fully saturated rings. The van der Waals surface area contributed by atoms with E-state index in [1.54, 1.807) is 0 Å². The van der Waals surface area contributed by atoms with Gasteiger partial charge in [0.25, 0.3) is 0 Å². The summed E-state index contributed by atoms with van der Waals surface area (Å²) in [5.74, 6) is 0. The summed E-state index contributed by atoms with van der Waals surface area (Å²) < 4.78 is 0. The minimum Gasteiger partial charge on any atom is -0.382 e. The molecule has 0 atom stereocenters. The van der Waals surface area contributed by atoms with Gasteiger partial charge in [0.1, 0.15) is 0 Å². The number of hydrogen-bond acceptors (Lipinski definition) is 3. The van der Waals surface area contributed by atoms with Crippen molar-refractivity contribution in [3.8, 4) is 0 Å². The van der Waals surface area contributed by atoms with Gasteiger partial charge in [0, 0.05) is 25.3 Å². The number of nitrogens with one attached hydrogen (secondary N) is 1. The van der Waals surface area contributed by atoms with Gasteiger partial charge in [0.15, 0.2) is 0 Å². The van der Waals surface area contributed by atoms with Gasteiger partial charge in [-0.3, -0.25) is 4.98 Å². The Morgan fingerprint density at radius 3 is 3.14 bits per heavy atom. The molecular weight excluding hydrogens is 174 g/mol. The van der Waals surface area contributed by atoms with Crippen molar-refractivity contribution in [2.75, 3.05) is 23.3 Å². The monoisotopic (exact) mass is 191 g/mol. The van der Waals surface area contributed by atoms with Gasteiger partial charge >= 0.3 is 0 Å². The summed E-state index contributed by atoms with van der Waals surface area (Å²) in [5, 5.41) is 3.41. The Morgan fingerprint density at radius 1 is 1.50 bits per heavy atom. The van der Waals surface area contributed by atoms with Crippen LogP contribution in [0.15, 0.2) is 18.5 Å². The number of anilines is 2. The van der Waals surface area contributed by atoms with Crippen molar-refractivity contribution in [1.82, 2.24) is 4.98 Å². The molecule has 14 heavy (non-hydrogen) atoms. The molecule has 1 aliphatic rings. The minimum absolute atomic E-state index is 0.552. The third-order valence-electron chi connectivity index (χ3n) is 2.62. The van der Waals surface area contributed by atoms with Crippen LogP contribution in [0, 0.1) is 0 Å². The summed E-state index contributed by atoms with van der Waals surface area (Å²) in [6.45, 7) is 6.63. The van der Waals surface area contributed by atoms with E-state index in [0.29, 0.717) is 6.04 Å². The number of fused-ring (bicyclic) bond motifs is 1. The standard InChI is InChI=1S/C11H17N3/c1-9(2)14-7-3-5-13-10-8-12-6-4-11(10)14/h4,6,8-9,13H,3,5,7H2,1-2H3. The molecule has 1 N–H and O–H groups in total. The average molecular weight is 191 g/mol. The van der Waals surface area contributed by atoms with E-state index in [0.717, 1.165) is 13.1 Å². The van der Waals surface area contributed by atoms with E-state index < -0.39 is 0 Å². The summed E-state index contributed by atoms with van der Waals surface area (Å²) in [7, 11) is 0. The van der Waals surface area contributed by atoms with Gasteiger partial charge in [0.05, 0.1) is 17.6 Å². The van der Waals surface area contributed by atoms with Crippen LogP contribution in [0.3, 0.4) is 0 Å². The lowest BCUT2D eigenvalue weighted by molar-refractivity contribution is 0.672. The summed E-state index contributed by atoms with van der Waals surface area (Å²) in [6, 6.07) is 2.64. The zero-order valence-electron chi connectivity index (χ0n) is 8.83. The highest BCUT2D eigenvalue weighted by Gasteiger charge is 2.16. The minimum atomic E-state index is 0.552. The second-order valence-corrected chi connectivity index (χ2v) is 3.96. The fraction of sp³-hybridized carbons (Fsp3) is 0.545. The van der Waals surface area contributed by atoms with E-state index in [9.17, 15) is 0 Å². The van der Waals surface area contributed by atoms with Crippen molar-refractivity contribution in [2.45, 2.75) is 26.3 Å². The highest BCUT2D eigenvalue weighted by molar-refractivity contribution is 5.69. The lowest BCUT2D eigenvalue weighted by Crippen LogP contribution is -2.31. The van der Waals surface area contributed by atoms with Crippen LogP contribution < -0.4 is 10.2 Å². The van der Waals surface area contributed by atoms with Gasteiger partial charge in [-0.2, -0.15) is 0 Å². The molecule has 0 amide bonds. The van der Waals surface area contributed by atoms with Crippen LogP contribution in [0.25, 0.3) is 0 Å². The second kappa shape index (κ2) is 3.86. The lowest BCUT2D eigenvalue weighted by Gasteiger charge is -2.28. The van der Waals surface area contributed by atoms with Crippen LogP contribution in [-0.2, 0) is 0 Å². The molecule has 0 radical (unpaired) electrons. The molecule has 3 nitrogen and oxygen atoms in total. The summed E-state index contributed by atoms with van der Waals surface area (Å²) in [4.78, 5) is 6.57. The first-order chi connectivity index (χ1) is 6.79. The third kappa shape index (κ3) is 1.67. The first kappa shape index (κ1) is 9.31. The zero-order chi connectivity index (χ0) is 9.97. The van der Waals surface area contributed by atoms with Crippen molar-refractivity contribution in [2.24, 2.45) is 0 Å². The third-order valence-corrected chi connectivity index (χ3v) is 2.62. The highest BCUT2D eigenvalue weighted by atomic mass is 15.2. The topological polar surface area (TPSA) is 28.2 Å². The molecule has 0 saturated carbocycles. The Kier molecular flexibility index (Phi) is 2.57. The number of pyridine rings is 1. The first-order valence-electron chi connectivity index (χ1n) is 5.23. The Bertz CT molecular complexity index is 309. The normalized spacial score (nSPS) is 16.1. The summed E-state index contributed by atoms with van der Waals surface area (Å²) in [6.07, 6.45) is 4.96. The molecule has 0 unspecified atom stereocenters. The van der Waals surface area contributed by atoms with Crippen molar-refractivity contribution in [3.63, 3.8) is 0 Å². The fourth-order valence-corrected chi connectivity index (χ4v) is 1.90. The van der Waals surface area contributed by atoms with Gasteiger partial charge in [-0.1, -0.05) is 0 Å². The number of nitrogens with zero attached hydrogens (tertiary/aromatic N) is 2. The predicted octanol–water partition coefficient (Wildman–Crippen LogP) is 2.11. The SMILES string of the molecule is CC(C)N1CCCNc2cnccc21. The molecule has 0 aliphatic carbocycles.